The van der Waals surface area contributed by atoms with E-state index in [1.165, 1.54) is 18.4 Å². The standard InChI is InChI=1S/C25H30N2O5/c1-29-21-6-8-22(30-2)17(10-21)11-25(28)26-18-12-19-4-5-20(13-18)27(19)14-16-3-7-23-24(9-16)32-15-31-23/h3,6-10,18-20H,4-5,11-15H2,1-2H3,(H,26,28). The third-order valence-electron chi connectivity index (χ3n) is 6.89. The van der Waals surface area contributed by atoms with Crippen LogP contribution in [0.1, 0.15) is 36.8 Å². The molecule has 2 fully saturated rings. The molecule has 0 radical (unpaired) electrons. The fourth-order valence-electron chi connectivity index (χ4n) is 5.37. The summed E-state index contributed by atoms with van der Waals surface area (Å²) in [6.45, 7) is 1.21. The van der Waals surface area contributed by atoms with Gasteiger partial charge in [-0.2, -0.15) is 0 Å². The summed E-state index contributed by atoms with van der Waals surface area (Å²) in [4.78, 5) is 15.4. The number of methoxy groups -OCH3 is 2. The fraction of sp³-hybridized carbons (Fsp3) is 0.480. The highest BCUT2D eigenvalue weighted by Crippen LogP contribution is 2.39. The molecule has 2 aromatic rings. The van der Waals surface area contributed by atoms with Gasteiger partial charge in [0, 0.05) is 30.2 Å². The van der Waals surface area contributed by atoms with Crippen molar-refractivity contribution in [3.8, 4) is 23.0 Å². The van der Waals surface area contributed by atoms with Crippen LogP contribution in [0.4, 0.5) is 0 Å². The molecule has 2 bridgehead atoms. The molecule has 3 aliphatic rings. The van der Waals surface area contributed by atoms with Crippen molar-refractivity contribution in [1.82, 2.24) is 10.2 Å². The van der Waals surface area contributed by atoms with E-state index in [2.05, 4.69) is 22.3 Å². The van der Waals surface area contributed by atoms with E-state index in [-0.39, 0.29) is 18.4 Å². The number of rotatable bonds is 7. The number of ether oxygens (including phenoxy) is 4. The van der Waals surface area contributed by atoms with Gasteiger partial charge in [0.15, 0.2) is 11.5 Å². The first-order valence-corrected chi connectivity index (χ1v) is 11.3. The molecule has 2 aromatic carbocycles. The summed E-state index contributed by atoms with van der Waals surface area (Å²) in [6.07, 6.45) is 4.63. The number of hydrogen-bond acceptors (Lipinski definition) is 6. The first-order valence-electron chi connectivity index (χ1n) is 11.3. The number of amides is 1. The van der Waals surface area contributed by atoms with E-state index in [9.17, 15) is 4.79 Å². The first kappa shape index (κ1) is 20.9. The molecule has 2 atom stereocenters. The van der Waals surface area contributed by atoms with E-state index >= 15 is 0 Å². The maximum Gasteiger partial charge on any atom is 0.231 e. The number of fused-ring (bicyclic) bond motifs is 3. The van der Waals surface area contributed by atoms with Crippen molar-refractivity contribution in [2.45, 2.75) is 56.8 Å². The predicted molar refractivity (Wildman–Crippen MR) is 119 cm³/mol. The van der Waals surface area contributed by atoms with E-state index in [0.717, 1.165) is 42.2 Å². The van der Waals surface area contributed by atoms with Gasteiger partial charge in [0.2, 0.25) is 12.7 Å². The SMILES string of the molecule is COc1ccc(OC)c(CC(=O)NC2CC3CCC(C2)N3Cc2ccc3c(c2)OCO3)c1. The van der Waals surface area contributed by atoms with Crippen molar-refractivity contribution >= 4 is 5.91 Å². The highest BCUT2D eigenvalue weighted by molar-refractivity contribution is 5.79. The number of nitrogens with zero attached hydrogens (tertiary/aromatic N) is 1. The molecule has 170 valence electrons. The van der Waals surface area contributed by atoms with Crippen molar-refractivity contribution < 1.29 is 23.7 Å². The van der Waals surface area contributed by atoms with Gasteiger partial charge in [0.05, 0.1) is 20.6 Å². The van der Waals surface area contributed by atoms with Gasteiger partial charge in [0.1, 0.15) is 11.5 Å². The molecule has 1 N–H and O–H groups in total. The molecule has 0 aliphatic carbocycles. The molecule has 0 aromatic heterocycles. The van der Waals surface area contributed by atoms with Crippen molar-refractivity contribution in [1.29, 1.82) is 0 Å². The van der Waals surface area contributed by atoms with E-state index < -0.39 is 0 Å². The summed E-state index contributed by atoms with van der Waals surface area (Å²) >= 11 is 0. The smallest absolute Gasteiger partial charge is 0.231 e. The van der Waals surface area contributed by atoms with Crippen LogP contribution in [0.3, 0.4) is 0 Å². The molecular weight excluding hydrogens is 408 g/mol. The van der Waals surface area contributed by atoms with Crippen molar-refractivity contribution in [2.75, 3.05) is 21.0 Å². The Bertz CT molecular complexity index is 980. The van der Waals surface area contributed by atoms with Gasteiger partial charge in [0.25, 0.3) is 0 Å². The zero-order valence-corrected chi connectivity index (χ0v) is 18.6. The number of nitrogens with one attached hydrogen (secondary N) is 1. The van der Waals surface area contributed by atoms with Crippen LogP contribution in [0, 0.1) is 0 Å². The number of carbonyl (C=O) groups is 1. The number of piperidine rings is 1. The van der Waals surface area contributed by atoms with Gasteiger partial charge >= 0.3 is 0 Å². The van der Waals surface area contributed by atoms with Crippen LogP contribution < -0.4 is 24.3 Å². The largest absolute Gasteiger partial charge is 0.497 e. The lowest BCUT2D eigenvalue weighted by molar-refractivity contribution is -0.121. The lowest BCUT2D eigenvalue weighted by atomic mass is 9.96. The number of benzene rings is 2. The normalized spacial score (nSPS) is 23.8. The van der Waals surface area contributed by atoms with E-state index in [0.29, 0.717) is 24.6 Å². The van der Waals surface area contributed by atoms with Crippen LogP contribution in [0.2, 0.25) is 0 Å². The summed E-state index contributed by atoms with van der Waals surface area (Å²) in [6, 6.07) is 13.0. The third kappa shape index (κ3) is 4.21. The molecule has 32 heavy (non-hydrogen) atoms. The average molecular weight is 439 g/mol. The molecule has 7 heteroatoms. The molecule has 1 amide bonds. The van der Waals surface area contributed by atoms with Crippen LogP contribution in [-0.2, 0) is 17.8 Å². The molecule has 5 rings (SSSR count). The Balaban J connectivity index is 1.19. The molecule has 7 nitrogen and oxygen atoms in total. The molecule has 3 aliphatic heterocycles. The maximum atomic E-state index is 12.8. The molecule has 3 heterocycles. The second kappa shape index (κ2) is 8.90. The van der Waals surface area contributed by atoms with Crippen molar-refractivity contribution in [2.24, 2.45) is 0 Å². The lowest BCUT2D eigenvalue weighted by Crippen LogP contribution is -2.50. The van der Waals surface area contributed by atoms with Gasteiger partial charge < -0.3 is 24.3 Å². The van der Waals surface area contributed by atoms with Crippen LogP contribution >= 0.6 is 0 Å². The van der Waals surface area contributed by atoms with E-state index in [1.54, 1.807) is 14.2 Å². The number of hydrogen-bond donors (Lipinski definition) is 1. The van der Waals surface area contributed by atoms with Crippen LogP contribution in [0.25, 0.3) is 0 Å². The molecule has 2 saturated heterocycles. The minimum absolute atomic E-state index is 0.0326. The lowest BCUT2D eigenvalue weighted by Gasteiger charge is -2.39. The molecular formula is C25H30N2O5. The summed E-state index contributed by atoms with van der Waals surface area (Å²) in [5.41, 5.74) is 2.09. The quantitative estimate of drug-likeness (QED) is 0.716. The van der Waals surface area contributed by atoms with E-state index in [1.807, 2.05) is 24.3 Å². The maximum absolute atomic E-state index is 12.8. The fourth-order valence-corrected chi connectivity index (χ4v) is 5.37. The van der Waals surface area contributed by atoms with Crippen molar-refractivity contribution in [3.05, 3.63) is 47.5 Å². The molecule has 0 saturated carbocycles. The van der Waals surface area contributed by atoms with Gasteiger partial charge in [-0.25, -0.2) is 0 Å². The minimum atomic E-state index is 0.0326. The Morgan fingerprint density at radius 3 is 2.56 bits per heavy atom. The van der Waals surface area contributed by atoms with Crippen molar-refractivity contribution in [3.63, 3.8) is 0 Å². The Kier molecular flexibility index (Phi) is 5.83. The second-order valence-electron chi connectivity index (χ2n) is 8.84. The summed E-state index contributed by atoms with van der Waals surface area (Å²) in [7, 11) is 3.25. The molecule has 0 spiro atoms. The van der Waals surface area contributed by atoms with Gasteiger partial charge in [-0.05, 0) is 61.6 Å². The second-order valence-corrected chi connectivity index (χ2v) is 8.84. The minimum Gasteiger partial charge on any atom is -0.497 e. The Morgan fingerprint density at radius 1 is 1.03 bits per heavy atom. The predicted octanol–water partition coefficient (Wildman–Crippen LogP) is 3.29. The van der Waals surface area contributed by atoms with Crippen LogP contribution in [0.15, 0.2) is 36.4 Å². The highest BCUT2D eigenvalue weighted by Gasteiger charge is 2.41. The first-order chi connectivity index (χ1) is 15.6. The summed E-state index contributed by atoms with van der Waals surface area (Å²) in [5.74, 6) is 3.13. The third-order valence-corrected chi connectivity index (χ3v) is 6.89. The monoisotopic (exact) mass is 438 g/mol. The van der Waals surface area contributed by atoms with Gasteiger partial charge in [-0.1, -0.05) is 6.07 Å². The summed E-state index contributed by atoms with van der Waals surface area (Å²) in [5, 5.41) is 3.28. The highest BCUT2D eigenvalue weighted by atomic mass is 16.7. The average Bonchev–Trinajstić information content (AvgIpc) is 3.34. The van der Waals surface area contributed by atoms with Gasteiger partial charge in [-0.15, -0.1) is 0 Å². The van der Waals surface area contributed by atoms with E-state index in [4.69, 9.17) is 18.9 Å². The van der Waals surface area contributed by atoms with Gasteiger partial charge in [-0.3, -0.25) is 9.69 Å². The number of carbonyl (C=O) groups excluding carboxylic acids is 1. The Labute approximate surface area is 188 Å². The zero-order chi connectivity index (χ0) is 22.1. The molecule has 2 unspecified atom stereocenters. The van der Waals surface area contributed by atoms with Crippen LogP contribution in [0.5, 0.6) is 23.0 Å². The zero-order valence-electron chi connectivity index (χ0n) is 18.6. The Hall–Kier alpha value is -2.93. The topological polar surface area (TPSA) is 69.3 Å². The summed E-state index contributed by atoms with van der Waals surface area (Å²) < 4.78 is 21.7. The van der Waals surface area contributed by atoms with Crippen LogP contribution in [-0.4, -0.2) is 49.9 Å². The Morgan fingerprint density at radius 2 is 1.81 bits per heavy atom.